The first-order valence-electron chi connectivity index (χ1n) is 15.4. The van der Waals surface area contributed by atoms with Crippen LogP contribution >= 0.6 is 15.9 Å². The number of nitrogens with zero attached hydrogens (tertiary/aromatic N) is 2. The van der Waals surface area contributed by atoms with Gasteiger partial charge in [0.25, 0.3) is 11.8 Å². The van der Waals surface area contributed by atoms with Crippen molar-refractivity contribution in [2.45, 2.75) is 63.3 Å². The molecule has 1 saturated heterocycles. The molecule has 1 fully saturated rings. The molecule has 2 aromatic carbocycles. The van der Waals surface area contributed by atoms with E-state index in [0.717, 1.165) is 16.0 Å². The molecule has 0 radical (unpaired) electrons. The minimum absolute atomic E-state index is 0.00973. The minimum atomic E-state index is -1.69. The summed E-state index contributed by atoms with van der Waals surface area (Å²) in [4.78, 5) is 60.5. The van der Waals surface area contributed by atoms with E-state index >= 15 is 0 Å². The summed E-state index contributed by atoms with van der Waals surface area (Å²) >= 11 is 3.37. The number of carbonyl (C=O) groups is 4. The van der Waals surface area contributed by atoms with E-state index in [-0.39, 0.29) is 28.3 Å². The Morgan fingerprint density at radius 3 is 2.14 bits per heavy atom. The average molecular weight is 755 g/mol. The normalized spacial score (nSPS) is 19.6. The molecule has 2 aliphatic heterocycles. The Bertz CT molecular complexity index is 1760. The molecule has 3 heterocycles. The van der Waals surface area contributed by atoms with Crippen molar-refractivity contribution in [3.8, 4) is 0 Å². The lowest BCUT2D eigenvalue weighted by atomic mass is 10.0. The van der Waals surface area contributed by atoms with Crippen molar-refractivity contribution in [3.05, 3.63) is 107 Å². The Morgan fingerprint density at radius 2 is 1.61 bits per heavy atom. The third-order valence-corrected chi connectivity index (χ3v) is 9.83. The Morgan fingerprint density at radius 1 is 1.00 bits per heavy atom. The van der Waals surface area contributed by atoms with E-state index in [1.165, 1.54) is 32.2 Å². The van der Waals surface area contributed by atoms with Crippen molar-refractivity contribution < 1.29 is 42.1 Å². The number of benzene rings is 2. The van der Waals surface area contributed by atoms with Gasteiger partial charge in [-0.2, -0.15) is 0 Å². The molecule has 258 valence electrons. The molecule has 14 heteroatoms. The highest BCUT2D eigenvalue weighted by molar-refractivity contribution is 9.09. The molecule has 1 N–H and O–H groups in total. The van der Waals surface area contributed by atoms with Gasteiger partial charge in [0.05, 0.1) is 22.8 Å². The zero-order chi connectivity index (χ0) is 35.5. The zero-order valence-corrected chi connectivity index (χ0v) is 29.9. The van der Waals surface area contributed by atoms with Crippen LogP contribution in [0.5, 0.6) is 0 Å². The van der Waals surface area contributed by atoms with E-state index < -0.39 is 63.3 Å². The number of esters is 2. The maximum absolute atomic E-state index is 13.9. The molecular formula is C35H36BrN3O9S. The van der Waals surface area contributed by atoms with Gasteiger partial charge >= 0.3 is 11.9 Å². The van der Waals surface area contributed by atoms with E-state index in [0.29, 0.717) is 5.57 Å². The number of hydrogen-bond donors (Lipinski definition) is 1. The summed E-state index contributed by atoms with van der Waals surface area (Å²) in [6.45, 7) is 7.95. The third kappa shape index (κ3) is 7.86. The molecule has 0 saturated carbocycles. The Balaban J connectivity index is 1.38. The molecule has 5 rings (SSSR count). The molecule has 3 aromatic rings. The topological polar surface area (TPSA) is 154 Å². The van der Waals surface area contributed by atoms with Crippen molar-refractivity contribution in [2.75, 3.05) is 11.1 Å². The summed E-state index contributed by atoms with van der Waals surface area (Å²) in [6, 6.07) is 20.1. The predicted molar refractivity (Wildman–Crippen MR) is 183 cm³/mol. The summed E-state index contributed by atoms with van der Waals surface area (Å²) in [5.41, 5.74) is -0.929. The first kappa shape index (κ1) is 35.7. The van der Waals surface area contributed by atoms with Gasteiger partial charge in [0.2, 0.25) is 11.3 Å². The largest absolute Gasteiger partial charge is 0.462 e. The molecule has 12 nitrogen and oxygen atoms in total. The van der Waals surface area contributed by atoms with Crippen LogP contribution in [0.15, 0.2) is 99.9 Å². The quantitative estimate of drug-likeness (QED) is 0.0979. The SMILES string of the molecule is CC(C)(C)OC(=O)C(C)(C)ON=C(C(=O)N[C@@H]1C(=O)N2C(C(=O)OC(c3ccccc3)c3ccccc3)=C(CBr)C[S@](=O)[C@H]12)c1ccco1. The number of alkyl halides is 1. The lowest BCUT2D eigenvalue weighted by molar-refractivity contribution is -0.179. The fourth-order valence-electron chi connectivity index (χ4n) is 5.11. The zero-order valence-electron chi connectivity index (χ0n) is 27.5. The van der Waals surface area contributed by atoms with Gasteiger partial charge in [-0.05, 0) is 63.5 Å². The average Bonchev–Trinajstić information content (AvgIpc) is 3.60. The molecule has 0 aliphatic carbocycles. The summed E-state index contributed by atoms with van der Waals surface area (Å²) < 4.78 is 30.3. The number of amides is 2. The number of furan rings is 1. The second-order valence-corrected chi connectivity index (χ2v) is 14.9. The number of nitrogens with one attached hydrogen (secondary N) is 1. The molecule has 0 bridgehead atoms. The maximum atomic E-state index is 13.9. The summed E-state index contributed by atoms with van der Waals surface area (Å²) in [5, 5.41) is 5.60. The van der Waals surface area contributed by atoms with Crippen molar-refractivity contribution >= 4 is 56.2 Å². The fourth-order valence-corrected chi connectivity index (χ4v) is 7.52. The van der Waals surface area contributed by atoms with E-state index in [1.54, 1.807) is 20.8 Å². The van der Waals surface area contributed by atoms with Gasteiger partial charge in [0.1, 0.15) is 22.7 Å². The van der Waals surface area contributed by atoms with Crippen LogP contribution in [0.1, 0.15) is 57.6 Å². The van der Waals surface area contributed by atoms with E-state index in [2.05, 4.69) is 26.4 Å². The lowest BCUT2D eigenvalue weighted by Gasteiger charge is -2.49. The van der Waals surface area contributed by atoms with E-state index in [4.69, 9.17) is 18.7 Å². The number of oxime groups is 1. The van der Waals surface area contributed by atoms with Gasteiger partial charge < -0.3 is 24.0 Å². The first-order chi connectivity index (χ1) is 23.2. The molecule has 2 aliphatic rings. The van der Waals surface area contributed by atoms with Crippen molar-refractivity contribution in [2.24, 2.45) is 5.16 Å². The van der Waals surface area contributed by atoms with Gasteiger partial charge in [-0.25, -0.2) is 9.59 Å². The van der Waals surface area contributed by atoms with Crippen LogP contribution < -0.4 is 5.32 Å². The van der Waals surface area contributed by atoms with Gasteiger partial charge in [0.15, 0.2) is 11.9 Å². The van der Waals surface area contributed by atoms with Crippen LogP contribution in [0.4, 0.5) is 0 Å². The third-order valence-electron chi connectivity index (χ3n) is 7.50. The van der Waals surface area contributed by atoms with E-state index in [1.807, 2.05) is 60.7 Å². The number of ether oxygens (including phenoxy) is 2. The van der Waals surface area contributed by atoms with Gasteiger partial charge in [-0.1, -0.05) is 81.7 Å². The molecular weight excluding hydrogens is 718 g/mol. The second kappa shape index (κ2) is 14.5. The highest BCUT2D eigenvalue weighted by Crippen LogP contribution is 2.37. The fraction of sp³-hybridized carbons (Fsp3) is 0.343. The monoisotopic (exact) mass is 753 g/mol. The Hall–Kier alpha value is -4.56. The molecule has 1 aromatic heterocycles. The van der Waals surface area contributed by atoms with Crippen molar-refractivity contribution in [3.63, 3.8) is 0 Å². The van der Waals surface area contributed by atoms with E-state index in [9.17, 15) is 23.4 Å². The summed E-state index contributed by atoms with van der Waals surface area (Å²) in [6.07, 6.45) is 0.528. The van der Waals surface area contributed by atoms with Crippen LogP contribution in [0.3, 0.4) is 0 Å². The van der Waals surface area contributed by atoms with Gasteiger partial charge in [0, 0.05) is 5.33 Å². The highest BCUT2D eigenvalue weighted by Gasteiger charge is 2.57. The lowest BCUT2D eigenvalue weighted by Crippen LogP contribution is -2.74. The van der Waals surface area contributed by atoms with Crippen LogP contribution in [0, 0.1) is 0 Å². The molecule has 49 heavy (non-hydrogen) atoms. The Kier molecular flexibility index (Phi) is 10.6. The Labute approximate surface area is 294 Å². The molecule has 2 amide bonds. The number of fused-ring (bicyclic) bond motifs is 1. The number of rotatable bonds is 11. The number of carbonyl (C=O) groups excluding carboxylic acids is 4. The summed E-state index contributed by atoms with van der Waals surface area (Å²) in [7, 11) is -1.69. The molecule has 0 unspecified atom stereocenters. The van der Waals surface area contributed by atoms with Crippen LogP contribution in [-0.4, -0.2) is 72.3 Å². The number of hydrogen-bond acceptors (Lipinski definition) is 10. The van der Waals surface area contributed by atoms with Gasteiger partial charge in [-0.15, -0.1) is 0 Å². The number of β-lactam (4-membered cyclic amide) rings is 1. The highest BCUT2D eigenvalue weighted by atomic mass is 79.9. The van der Waals surface area contributed by atoms with Crippen LogP contribution in [0.25, 0.3) is 0 Å². The van der Waals surface area contributed by atoms with Crippen molar-refractivity contribution in [1.82, 2.24) is 10.2 Å². The smallest absolute Gasteiger partial charge is 0.356 e. The second-order valence-electron chi connectivity index (χ2n) is 12.8. The van der Waals surface area contributed by atoms with Crippen LogP contribution in [0.2, 0.25) is 0 Å². The van der Waals surface area contributed by atoms with Crippen molar-refractivity contribution in [1.29, 1.82) is 0 Å². The van der Waals surface area contributed by atoms with Gasteiger partial charge in [-0.3, -0.25) is 18.7 Å². The standard InChI is InChI=1S/C35H36BrN3O9S/c1-34(2,3)47-33(43)35(4,5)48-38-25(24-17-12-18-45-24)29(40)37-26-30(41)39-27(23(19-36)20-49(44)31(26)39)32(42)46-28(21-13-8-6-9-14-21)22-15-10-7-11-16-22/h6-18,26,28,31H,19-20H2,1-5H3,(H,37,40)/t26-,31-,49+/m1/s1. The molecule has 3 atom stereocenters. The first-order valence-corrected chi connectivity index (χ1v) is 17.9. The predicted octanol–water partition coefficient (Wildman–Crippen LogP) is 4.52. The summed E-state index contributed by atoms with van der Waals surface area (Å²) in [5.74, 6) is -3.10. The number of halogens is 1. The molecule has 0 spiro atoms. The maximum Gasteiger partial charge on any atom is 0.356 e. The minimum Gasteiger partial charge on any atom is -0.462 e. The van der Waals surface area contributed by atoms with Crippen LogP contribution in [-0.2, 0) is 44.3 Å².